The van der Waals surface area contributed by atoms with Gasteiger partial charge in [0.2, 0.25) is 0 Å². The van der Waals surface area contributed by atoms with Gasteiger partial charge in [-0.15, -0.1) is 5.10 Å². The van der Waals surface area contributed by atoms with Gasteiger partial charge in [-0.25, -0.2) is 16.4 Å². The molecule has 0 radical (unpaired) electrons. The quantitative estimate of drug-likeness (QED) is 0.196. The highest BCUT2D eigenvalue weighted by Gasteiger charge is 1.97. The molecule has 0 aromatic carbocycles. The number of nitrogens with zero attached hydrogens (tertiary/aromatic N) is 2. The smallest absolute Gasteiger partial charge is 0.153 e. The summed E-state index contributed by atoms with van der Waals surface area (Å²) < 4.78 is 0. The van der Waals surface area contributed by atoms with Gasteiger partial charge in [0, 0.05) is 11.8 Å². The first kappa shape index (κ1) is 8.76. The lowest BCUT2D eigenvalue weighted by Crippen LogP contribution is -2.23. The summed E-state index contributed by atoms with van der Waals surface area (Å²) in [6.45, 7) is 0. The van der Waals surface area contributed by atoms with Crippen LogP contribution in [0.3, 0.4) is 0 Å². The van der Waals surface area contributed by atoms with Gasteiger partial charge in [-0.05, 0) is 12.1 Å². The summed E-state index contributed by atoms with van der Waals surface area (Å²) in [4.78, 5) is 3.82. The first-order valence-corrected chi connectivity index (χ1v) is 3.52. The van der Waals surface area contributed by atoms with Gasteiger partial charge in [-0.1, -0.05) is 11.6 Å². The van der Waals surface area contributed by atoms with E-state index in [0.29, 0.717) is 10.7 Å². The van der Waals surface area contributed by atoms with E-state index >= 15 is 0 Å². The van der Waals surface area contributed by atoms with Crippen molar-refractivity contribution in [1.29, 1.82) is 0 Å². The Balaban J connectivity index is 2.89. The lowest BCUT2D eigenvalue weighted by molar-refractivity contribution is 0.803. The largest absolute Gasteiger partial charge is 0.382 e. The molecule has 12 heavy (non-hydrogen) atoms. The van der Waals surface area contributed by atoms with Gasteiger partial charge in [0.15, 0.2) is 5.84 Å². The number of amidine groups is 1. The SMILES string of the molecule is NN/N=C(\N)c1ccc(Cl)nc1. The van der Waals surface area contributed by atoms with Gasteiger partial charge in [-0.2, -0.15) is 0 Å². The van der Waals surface area contributed by atoms with E-state index in [1.165, 1.54) is 6.20 Å². The van der Waals surface area contributed by atoms with Crippen LogP contribution < -0.4 is 17.1 Å². The molecule has 0 unspecified atom stereocenters. The van der Waals surface area contributed by atoms with Crippen LogP contribution in [0.15, 0.2) is 23.4 Å². The summed E-state index contributed by atoms with van der Waals surface area (Å²) in [6, 6.07) is 3.32. The highest BCUT2D eigenvalue weighted by atomic mass is 35.5. The van der Waals surface area contributed by atoms with E-state index in [1.807, 2.05) is 0 Å². The Bertz CT molecular complexity index is 280. The third-order valence-corrected chi connectivity index (χ3v) is 1.43. The van der Waals surface area contributed by atoms with Crippen LogP contribution >= 0.6 is 11.6 Å². The zero-order chi connectivity index (χ0) is 8.97. The summed E-state index contributed by atoms with van der Waals surface area (Å²) in [5, 5.41) is 3.97. The van der Waals surface area contributed by atoms with E-state index in [9.17, 15) is 0 Å². The third kappa shape index (κ3) is 2.08. The molecule has 1 rings (SSSR count). The molecule has 1 aromatic heterocycles. The second-order valence-electron chi connectivity index (χ2n) is 2.00. The molecule has 1 heterocycles. The molecule has 0 aliphatic heterocycles. The molecule has 0 aliphatic carbocycles. The molecule has 5 N–H and O–H groups in total. The number of hydrazone groups is 1. The summed E-state index contributed by atoms with van der Waals surface area (Å²) >= 11 is 5.56. The van der Waals surface area contributed by atoms with Gasteiger partial charge in [0.1, 0.15) is 5.15 Å². The van der Waals surface area contributed by atoms with E-state index in [1.54, 1.807) is 12.1 Å². The van der Waals surface area contributed by atoms with Crippen LogP contribution in [0.5, 0.6) is 0 Å². The second-order valence-corrected chi connectivity index (χ2v) is 2.38. The van der Waals surface area contributed by atoms with E-state index in [4.69, 9.17) is 23.2 Å². The Kier molecular flexibility index (Phi) is 2.84. The molecule has 1 aromatic rings. The molecule has 0 fully saturated rings. The number of hydrazine groups is 1. The van der Waals surface area contributed by atoms with Crippen molar-refractivity contribution in [2.24, 2.45) is 16.7 Å². The highest BCUT2D eigenvalue weighted by molar-refractivity contribution is 6.29. The van der Waals surface area contributed by atoms with E-state index in [2.05, 4.69) is 15.6 Å². The molecular formula is C6H8ClN5. The molecule has 0 saturated heterocycles. The van der Waals surface area contributed by atoms with Crippen molar-refractivity contribution in [2.75, 3.05) is 0 Å². The Morgan fingerprint density at radius 2 is 2.33 bits per heavy atom. The summed E-state index contributed by atoms with van der Waals surface area (Å²) in [7, 11) is 0. The van der Waals surface area contributed by atoms with Crippen LogP contribution in [0.4, 0.5) is 0 Å². The van der Waals surface area contributed by atoms with Crippen molar-refractivity contribution in [2.45, 2.75) is 0 Å². The van der Waals surface area contributed by atoms with Crippen molar-refractivity contribution in [3.63, 3.8) is 0 Å². The number of aromatic nitrogens is 1. The van der Waals surface area contributed by atoms with Gasteiger partial charge in [0.05, 0.1) is 0 Å². The fraction of sp³-hybridized carbons (Fsp3) is 0. The van der Waals surface area contributed by atoms with Crippen molar-refractivity contribution in [3.05, 3.63) is 29.0 Å². The number of hydrogen-bond donors (Lipinski definition) is 3. The van der Waals surface area contributed by atoms with Crippen LogP contribution in [0.1, 0.15) is 5.56 Å². The summed E-state index contributed by atoms with van der Waals surface area (Å²) in [5.41, 5.74) is 8.23. The summed E-state index contributed by atoms with van der Waals surface area (Å²) in [5.74, 6) is 5.20. The molecule has 0 amide bonds. The Labute approximate surface area is 74.4 Å². The molecule has 0 atom stereocenters. The number of nitrogens with one attached hydrogen (secondary N) is 1. The Hall–Kier alpha value is -1.33. The van der Waals surface area contributed by atoms with Gasteiger partial charge >= 0.3 is 0 Å². The number of halogens is 1. The minimum atomic E-state index is 0.265. The van der Waals surface area contributed by atoms with Crippen LogP contribution in [-0.4, -0.2) is 10.8 Å². The van der Waals surface area contributed by atoms with Crippen molar-refractivity contribution in [1.82, 2.24) is 10.5 Å². The molecule has 0 spiro atoms. The molecule has 0 bridgehead atoms. The number of hydrogen-bond acceptors (Lipinski definition) is 4. The van der Waals surface area contributed by atoms with Gasteiger partial charge in [0.25, 0.3) is 0 Å². The Morgan fingerprint density at radius 3 is 2.83 bits per heavy atom. The van der Waals surface area contributed by atoms with Gasteiger partial charge in [-0.3, -0.25) is 0 Å². The average molecular weight is 186 g/mol. The molecule has 0 aliphatic rings. The summed E-state index contributed by atoms with van der Waals surface area (Å²) in [6.07, 6.45) is 1.51. The predicted octanol–water partition coefficient (Wildman–Crippen LogP) is -0.181. The van der Waals surface area contributed by atoms with Crippen LogP contribution in [0.25, 0.3) is 0 Å². The minimum Gasteiger partial charge on any atom is -0.382 e. The molecule has 64 valence electrons. The maximum Gasteiger partial charge on any atom is 0.153 e. The van der Waals surface area contributed by atoms with E-state index in [-0.39, 0.29) is 5.84 Å². The van der Waals surface area contributed by atoms with E-state index < -0.39 is 0 Å². The number of pyridine rings is 1. The monoisotopic (exact) mass is 185 g/mol. The zero-order valence-electron chi connectivity index (χ0n) is 6.16. The normalized spacial score (nSPS) is 11.3. The molecule has 0 saturated carbocycles. The third-order valence-electron chi connectivity index (χ3n) is 1.21. The maximum atomic E-state index is 5.56. The number of rotatable bonds is 2. The molecule has 6 heteroatoms. The zero-order valence-corrected chi connectivity index (χ0v) is 6.92. The first-order valence-electron chi connectivity index (χ1n) is 3.14. The Morgan fingerprint density at radius 1 is 1.58 bits per heavy atom. The standard InChI is InChI=1S/C6H8ClN5/c7-5-2-1-4(3-10-5)6(8)11-12-9/h1-3,12H,9H2,(H2,8,11). The lowest BCUT2D eigenvalue weighted by Gasteiger charge is -1.98. The maximum absolute atomic E-state index is 5.56. The van der Waals surface area contributed by atoms with Crippen LogP contribution in [0.2, 0.25) is 5.15 Å². The molecule has 5 nitrogen and oxygen atoms in total. The van der Waals surface area contributed by atoms with Crippen molar-refractivity contribution >= 4 is 17.4 Å². The second kappa shape index (κ2) is 3.89. The minimum absolute atomic E-state index is 0.265. The fourth-order valence-electron chi connectivity index (χ4n) is 0.661. The van der Waals surface area contributed by atoms with Crippen LogP contribution in [-0.2, 0) is 0 Å². The number of nitrogens with two attached hydrogens (primary N) is 2. The van der Waals surface area contributed by atoms with E-state index in [0.717, 1.165) is 0 Å². The highest BCUT2D eigenvalue weighted by Crippen LogP contribution is 2.04. The lowest BCUT2D eigenvalue weighted by atomic mass is 10.3. The predicted molar refractivity (Wildman–Crippen MR) is 47.3 cm³/mol. The average Bonchev–Trinajstić information content (AvgIpc) is 2.06. The van der Waals surface area contributed by atoms with Crippen LogP contribution in [0, 0.1) is 0 Å². The van der Waals surface area contributed by atoms with Gasteiger partial charge < -0.3 is 5.73 Å². The fourth-order valence-corrected chi connectivity index (χ4v) is 0.773. The topological polar surface area (TPSA) is 89.3 Å². The van der Waals surface area contributed by atoms with Crippen molar-refractivity contribution < 1.29 is 0 Å². The first-order chi connectivity index (χ1) is 5.74. The van der Waals surface area contributed by atoms with Crippen molar-refractivity contribution in [3.8, 4) is 0 Å². The molecular weight excluding hydrogens is 178 g/mol.